The fourth-order valence-electron chi connectivity index (χ4n) is 5.12. The van der Waals surface area contributed by atoms with Gasteiger partial charge in [-0.05, 0) is 55.4 Å². The van der Waals surface area contributed by atoms with Gasteiger partial charge in [0.05, 0.1) is 23.6 Å². The number of likely N-dealkylation sites (tertiary alicyclic amines) is 1. The van der Waals surface area contributed by atoms with Crippen molar-refractivity contribution in [2.24, 2.45) is 0 Å². The second-order valence-corrected chi connectivity index (χ2v) is 8.54. The highest BCUT2D eigenvalue weighted by molar-refractivity contribution is 5.78. The lowest BCUT2D eigenvalue weighted by Gasteiger charge is -2.33. The Morgan fingerprint density at radius 3 is 2.67 bits per heavy atom. The molecule has 2 N–H and O–H groups in total. The summed E-state index contributed by atoms with van der Waals surface area (Å²) in [5.74, 6) is 0.0967. The van der Waals surface area contributed by atoms with Crippen LogP contribution in [0.25, 0.3) is 11.0 Å². The molecule has 2 aliphatic rings. The number of carbonyl (C=O) groups excluding carboxylic acids is 1. The molecule has 1 atom stereocenters. The monoisotopic (exact) mass is 404 g/mol. The second-order valence-electron chi connectivity index (χ2n) is 8.54. The number of imidazole rings is 1. The summed E-state index contributed by atoms with van der Waals surface area (Å²) < 4.78 is 1.89. The first-order chi connectivity index (χ1) is 14.7. The number of aromatic nitrogens is 2. The van der Waals surface area contributed by atoms with Crippen molar-refractivity contribution >= 4 is 16.9 Å². The number of H-pyrrole nitrogens is 1. The SMILES string of the molecule is O=C(CN1CCC(n2c(=O)[nH]c3ccccc32)CC1)N[C@@H]1CCCc2ccccc21. The van der Waals surface area contributed by atoms with Gasteiger partial charge in [-0.25, -0.2) is 4.79 Å². The molecule has 1 saturated heterocycles. The second kappa shape index (κ2) is 8.11. The first-order valence-corrected chi connectivity index (χ1v) is 11.0. The van der Waals surface area contributed by atoms with E-state index < -0.39 is 0 Å². The molecule has 1 aromatic heterocycles. The molecule has 1 amide bonds. The molecule has 0 unspecified atom stereocenters. The fraction of sp³-hybridized carbons (Fsp3) is 0.417. The predicted molar refractivity (Wildman–Crippen MR) is 118 cm³/mol. The van der Waals surface area contributed by atoms with E-state index in [9.17, 15) is 9.59 Å². The summed E-state index contributed by atoms with van der Waals surface area (Å²) in [4.78, 5) is 30.3. The number of benzene rings is 2. The molecule has 0 spiro atoms. The van der Waals surface area contributed by atoms with Crippen molar-refractivity contribution in [2.45, 2.75) is 44.2 Å². The smallest absolute Gasteiger partial charge is 0.326 e. The van der Waals surface area contributed by atoms with E-state index >= 15 is 0 Å². The molecule has 1 aliphatic heterocycles. The summed E-state index contributed by atoms with van der Waals surface area (Å²) in [6.45, 7) is 2.07. The lowest BCUT2D eigenvalue weighted by molar-refractivity contribution is -0.123. The van der Waals surface area contributed by atoms with Crippen LogP contribution in [0.3, 0.4) is 0 Å². The van der Waals surface area contributed by atoms with E-state index in [0.717, 1.165) is 56.2 Å². The van der Waals surface area contributed by atoms with Gasteiger partial charge in [-0.2, -0.15) is 0 Å². The summed E-state index contributed by atoms with van der Waals surface area (Å²) >= 11 is 0. The molecular formula is C24H28N4O2. The minimum Gasteiger partial charge on any atom is -0.348 e. The number of aryl methyl sites for hydroxylation is 1. The summed E-state index contributed by atoms with van der Waals surface area (Å²) in [6.07, 6.45) is 4.98. The largest absolute Gasteiger partial charge is 0.348 e. The van der Waals surface area contributed by atoms with Crippen LogP contribution in [-0.2, 0) is 11.2 Å². The number of rotatable bonds is 4. The van der Waals surface area contributed by atoms with Crippen molar-refractivity contribution in [3.05, 3.63) is 70.1 Å². The Kier molecular flexibility index (Phi) is 5.17. The van der Waals surface area contributed by atoms with Crippen LogP contribution in [0.2, 0.25) is 0 Å². The summed E-state index contributed by atoms with van der Waals surface area (Å²) in [7, 11) is 0. The van der Waals surface area contributed by atoms with E-state index in [1.807, 2.05) is 28.8 Å². The molecule has 0 radical (unpaired) electrons. The Bertz CT molecular complexity index is 1110. The molecule has 2 heterocycles. The normalized spacial score (nSPS) is 20.2. The van der Waals surface area contributed by atoms with Crippen molar-refractivity contribution in [3.8, 4) is 0 Å². The number of piperidine rings is 1. The number of hydrogen-bond acceptors (Lipinski definition) is 3. The number of hydrogen-bond donors (Lipinski definition) is 2. The third kappa shape index (κ3) is 3.67. The summed E-state index contributed by atoms with van der Waals surface area (Å²) in [5, 5.41) is 3.25. The quantitative estimate of drug-likeness (QED) is 0.702. The molecule has 1 aliphatic carbocycles. The number of fused-ring (bicyclic) bond motifs is 2. The van der Waals surface area contributed by atoms with E-state index in [-0.39, 0.29) is 23.7 Å². The molecular weight excluding hydrogens is 376 g/mol. The van der Waals surface area contributed by atoms with Crippen molar-refractivity contribution in [1.29, 1.82) is 0 Å². The first kappa shape index (κ1) is 19.1. The van der Waals surface area contributed by atoms with Crippen LogP contribution >= 0.6 is 0 Å². The average Bonchev–Trinajstić information content (AvgIpc) is 3.10. The van der Waals surface area contributed by atoms with Gasteiger partial charge in [-0.1, -0.05) is 36.4 Å². The van der Waals surface area contributed by atoms with Gasteiger partial charge in [0.15, 0.2) is 0 Å². The molecule has 156 valence electrons. The lowest BCUT2D eigenvalue weighted by atomic mass is 9.88. The maximum atomic E-state index is 12.7. The highest BCUT2D eigenvalue weighted by atomic mass is 16.2. The Labute approximate surface area is 175 Å². The van der Waals surface area contributed by atoms with Gasteiger partial charge in [0.1, 0.15) is 0 Å². The first-order valence-electron chi connectivity index (χ1n) is 11.0. The molecule has 6 heteroatoms. The van der Waals surface area contributed by atoms with Crippen molar-refractivity contribution < 1.29 is 4.79 Å². The average molecular weight is 405 g/mol. The van der Waals surface area contributed by atoms with Gasteiger partial charge < -0.3 is 10.3 Å². The number of carbonyl (C=O) groups is 1. The van der Waals surface area contributed by atoms with Crippen LogP contribution < -0.4 is 11.0 Å². The Hall–Kier alpha value is -2.86. The summed E-state index contributed by atoms with van der Waals surface area (Å²) in [6, 6.07) is 16.6. The number of aromatic amines is 1. The number of nitrogens with one attached hydrogen (secondary N) is 2. The van der Waals surface area contributed by atoms with E-state index in [0.29, 0.717) is 6.54 Å². The van der Waals surface area contributed by atoms with Gasteiger partial charge in [-0.15, -0.1) is 0 Å². The van der Waals surface area contributed by atoms with Gasteiger partial charge in [0.25, 0.3) is 0 Å². The van der Waals surface area contributed by atoms with Crippen LogP contribution in [0, 0.1) is 0 Å². The number of amides is 1. The zero-order valence-electron chi connectivity index (χ0n) is 17.1. The Morgan fingerprint density at radius 2 is 1.80 bits per heavy atom. The van der Waals surface area contributed by atoms with Crippen LogP contribution in [0.4, 0.5) is 0 Å². The summed E-state index contributed by atoms with van der Waals surface area (Å²) in [5.41, 5.74) is 4.45. The van der Waals surface area contributed by atoms with Crippen molar-refractivity contribution in [1.82, 2.24) is 19.8 Å². The number of nitrogens with zero attached hydrogens (tertiary/aromatic N) is 2. The maximum absolute atomic E-state index is 12.7. The standard InChI is InChI=1S/C24H28N4O2/c29-23(25-20-10-5-7-17-6-1-2-8-19(17)20)16-27-14-12-18(13-15-27)28-22-11-4-3-9-21(22)26-24(28)30/h1-4,6,8-9,11,18,20H,5,7,10,12-16H2,(H,25,29)(H,26,30)/t20-/m1/s1. The van der Waals surface area contributed by atoms with E-state index in [1.54, 1.807) is 0 Å². The highest BCUT2D eigenvalue weighted by Gasteiger charge is 2.26. The van der Waals surface area contributed by atoms with Gasteiger partial charge in [0, 0.05) is 19.1 Å². The molecule has 3 aromatic rings. The third-order valence-electron chi connectivity index (χ3n) is 6.62. The highest BCUT2D eigenvalue weighted by Crippen LogP contribution is 2.29. The molecule has 0 bridgehead atoms. The fourth-order valence-corrected chi connectivity index (χ4v) is 5.12. The predicted octanol–water partition coefficient (Wildman–Crippen LogP) is 3.16. The van der Waals surface area contributed by atoms with Crippen LogP contribution in [0.5, 0.6) is 0 Å². The molecule has 0 saturated carbocycles. The van der Waals surface area contributed by atoms with Gasteiger partial charge in [-0.3, -0.25) is 14.3 Å². The molecule has 30 heavy (non-hydrogen) atoms. The molecule has 6 nitrogen and oxygen atoms in total. The van der Waals surface area contributed by atoms with Crippen molar-refractivity contribution in [3.63, 3.8) is 0 Å². The van der Waals surface area contributed by atoms with E-state index in [2.05, 4.69) is 39.5 Å². The molecule has 1 fully saturated rings. The van der Waals surface area contributed by atoms with E-state index in [4.69, 9.17) is 0 Å². The van der Waals surface area contributed by atoms with Crippen LogP contribution in [-0.4, -0.2) is 40.0 Å². The zero-order chi connectivity index (χ0) is 20.5. The van der Waals surface area contributed by atoms with Crippen LogP contribution in [0.1, 0.15) is 48.9 Å². The van der Waals surface area contributed by atoms with E-state index in [1.165, 1.54) is 11.1 Å². The Balaban J connectivity index is 1.19. The number of para-hydroxylation sites is 2. The zero-order valence-corrected chi connectivity index (χ0v) is 17.1. The minimum atomic E-state index is -0.0386. The molecule has 2 aromatic carbocycles. The van der Waals surface area contributed by atoms with Crippen LogP contribution in [0.15, 0.2) is 53.3 Å². The van der Waals surface area contributed by atoms with Crippen molar-refractivity contribution in [2.75, 3.05) is 19.6 Å². The van der Waals surface area contributed by atoms with Gasteiger partial charge >= 0.3 is 5.69 Å². The minimum absolute atomic E-state index is 0.0386. The maximum Gasteiger partial charge on any atom is 0.326 e. The Morgan fingerprint density at radius 1 is 1.03 bits per heavy atom. The topological polar surface area (TPSA) is 70.1 Å². The lowest BCUT2D eigenvalue weighted by Crippen LogP contribution is -2.43. The van der Waals surface area contributed by atoms with Gasteiger partial charge in [0.2, 0.25) is 5.91 Å². The third-order valence-corrected chi connectivity index (χ3v) is 6.62. The molecule has 5 rings (SSSR count).